The zero-order valence-electron chi connectivity index (χ0n) is 10.6. The van der Waals surface area contributed by atoms with Gasteiger partial charge >= 0.3 is 0 Å². The summed E-state index contributed by atoms with van der Waals surface area (Å²) in [5.74, 6) is -0.181. The van der Waals surface area contributed by atoms with E-state index in [4.69, 9.17) is 10.9 Å². The summed E-state index contributed by atoms with van der Waals surface area (Å²) in [4.78, 5) is 0.0661. The number of amidine groups is 1. The summed E-state index contributed by atoms with van der Waals surface area (Å²) in [5, 5.41) is 11.4. The molecule has 2 rings (SSSR count). The summed E-state index contributed by atoms with van der Waals surface area (Å²) in [6, 6.07) is 4.76. The van der Waals surface area contributed by atoms with Crippen LogP contribution in [-0.2, 0) is 10.0 Å². The molecule has 0 unspecified atom stereocenters. The Labute approximate surface area is 119 Å². The van der Waals surface area contributed by atoms with Gasteiger partial charge in [-0.1, -0.05) is 18.1 Å². The van der Waals surface area contributed by atoms with Gasteiger partial charge in [0, 0.05) is 6.54 Å². The van der Waals surface area contributed by atoms with Gasteiger partial charge in [0.2, 0.25) is 10.0 Å². The first-order valence-corrected chi connectivity index (χ1v) is 7.85. The first kappa shape index (κ1) is 14.6. The zero-order chi connectivity index (χ0) is 14.8. The maximum Gasteiger partial charge on any atom is 0.245 e. The van der Waals surface area contributed by atoms with Crippen LogP contribution in [0.2, 0.25) is 0 Å². The maximum atomic E-state index is 12.6. The third-order valence-electron chi connectivity index (χ3n) is 2.69. The second kappa shape index (κ2) is 5.69. The maximum absolute atomic E-state index is 12.6. The minimum Gasteiger partial charge on any atom is -0.409 e. The third kappa shape index (κ3) is 2.57. The van der Waals surface area contributed by atoms with Gasteiger partial charge in [-0.25, -0.2) is 8.42 Å². The number of benzene rings is 1. The predicted octanol–water partition coefficient (Wildman–Crippen LogP) is 0.448. The van der Waals surface area contributed by atoms with Crippen LogP contribution in [0.5, 0.6) is 0 Å². The summed E-state index contributed by atoms with van der Waals surface area (Å²) in [6.45, 7) is 1.66. The van der Waals surface area contributed by atoms with Crippen LogP contribution in [0.25, 0.3) is 11.0 Å². The van der Waals surface area contributed by atoms with Gasteiger partial charge in [-0.15, -0.1) is 0 Å². The molecule has 0 bridgehead atoms. The number of aromatic nitrogens is 2. The van der Waals surface area contributed by atoms with E-state index in [1.807, 2.05) is 0 Å². The van der Waals surface area contributed by atoms with E-state index in [0.29, 0.717) is 11.0 Å². The number of nitrogens with two attached hydrogens (primary N) is 1. The Kier molecular flexibility index (Phi) is 4.16. The van der Waals surface area contributed by atoms with Gasteiger partial charge in [0.05, 0.1) is 18.3 Å². The molecule has 0 spiro atoms. The molecule has 0 atom stereocenters. The van der Waals surface area contributed by atoms with E-state index in [9.17, 15) is 8.42 Å². The number of sulfonamides is 1. The van der Waals surface area contributed by atoms with Crippen molar-refractivity contribution < 1.29 is 13.6 Å². The molecule has 3 N–H and O–H groups in total. The van der Waals surface area contributed by atoms with Gasteiger partial charge in [0.1, 0.15) is 15.9 Å². The fourth-order valence-corrected chi connectivity index (χ4v) is 3.88. The molecule has 1 heterocycles. The molecule has 0 aliphatic heterocycles. The highest BCUT2D eigenvalue weighted by Gasteiger charge is 2.27. The lowest BCUT2D eigenvalue weighted by molar-refractivity contribution is 0.315. The molecule has 0 saturated heterocycles. The highest BCUT2D eigenvalue weighted by atomic mass is 32.2. The van der Waals surface area contributed by atoms with Gasteiger partial charge in [0.15, 0.2) is 5.84 Å². The first-order chi connectivity index (χ1) is 9.50. The van der Waals surface area contributed by atoms with E-state index >= 15 is 0 Å². The van der Waals surface area contributed by atoms with Crippen LogP contribution in [0.3, 0.4) is 0 Å². The normalized spacial score (nSPS) is 13.2. The summed E-state index contributed by atoms with van der Waals surface area (Å²) < 4.78 is 34.3. The van der Waals surface area contributed by atoms with Gasteiger partial charge in [-0.2, -0.15) is 13.1 Å². The van der Waals surface area contributed by atoms with E-state index in [0.717, 1.165) is 16.0 Å². The molecule has 8 nitrogen and oxygen atoms in total. The molecule has 0 saturated carbocycles. The molecule has 0 aliphatic carbocycles. The molecule has 108 valence electrons. The Morgan fingerprint density at radius 1 is 1.50 bits per heavy atom. The SMILES string of the molecule is CCN(CC(N)=NO)S(=O)(=O)c1cccc2nsnc12. The smallest absolute Gasteiger partial charge is 0.245 e. The van der Waals surface area contributed by atoms with Crippen LogP contribution in [0.1, 0.15) is 6.92 Å². The van der Waals surface area contributed by atoms with Crippen LogP contribution in [0, 0.1) is 0 Å². The Morgan fingerprint density at radius 3 is 2.90 bits per heavy atom. The molecule has 10 heteroatoms. The minimum absolute atomic E-state index is 0.0661. The lowest BCUT2D eigenvalue weighted by atomic mass is 10.3. The van der Waals surface area contributed by atoms with E-state index in [-0.39, 0.29) is 23.8 Å². The standard InChI is InChI=1S/C10H13N5O3S2/c1-2-15(6-9(11)12-16)20(17,18)8-5-3-4-7-10(8)14-19-13-7/h3-5,16H,2,6H2,1H3,(H2,11,12). The van der Waals surface area contributed by atoms with Crippen molar-refractivity contribution in [2.75, 3.05) is 13.1 Å². The highest BCUT2D eigenvalue weighted by Crippen LogP contribution is 2.24. The number of nitrogens with zero attached hydrogens (tertiary/aromatic N) is 4. The van der Waals surface area contributed by atoms with Crippen molar-refractivity contribution in [2.45, 2.75) is 11.8 Å². The Hall–Kier alpha value is -1.78. The van der Waals surface area contributed by atoms with Crippen LogP contribution in [0.4, 0.5) is 0 Å². The van der Waals surface area contributed by atoms with Crippen molar-refractivity contribution in [3.63, 3.8) is 0 Å². The lowest BCUT2D eigenvalue weighted by Crippen LogP contribution is -2.38. The van der Waals surface area contributed by atoms with Crippen molar-refractivity contribution in [3.05, 3.63) is 18.2 Å². The van der Waals surface area contributed by atoms with E-state index < -0.39 is 10.0 Å². The molecular formula is C10H13N5O3S2. The average molecular weight is 315 g/mol. The first-order valence-electron chi connectivity index (χ1n) is 5.68. The number of hydrogen-bond acceptors (Lipinski definition) is 7. The second-order valence-corrected chi connectivity index (χ2v) is 6.35. The summed E-state index contributed by atoms with van der Waals surface area (Å²) in [7, 11) is -3.79. The molecule has 1 aromatic carbocycles. The van der Waals surface area contributed by atoms with Gasteiger partial charge in [-0.05, 0) is 12.1 Å². The Morgan fingerprint density at radius 2 is 2.25 bits per heavy atom. The summed E-state index contributed by atoms with van der Waals surface area (Å²) >= 11 is 0.949. The molecule has 0 amide bonds. The van der Waals surface area contributed by atoms with Crippen molar-refractivity contribution in [3.8, 4) is 0 Å². The minimum atomic E-state index is -3.79. The van der Waals surface area contributed by atoms with E-state index in [2.05, 4.69) is 13.9 Å². The van der Waals surface area contributed by atoms with Crippen LogP contribution < -0.4 is 5.73 Å². The van der Waals surface area contributed by atoms with Gasteiger partial charge < -0.3 is 10.9 Å². The van der Waals surface area contributed by atoms with Gasteiger partial charge in [-0.3, -0.25) is 0 Å². The van der Waals surface area contributed by atoms with Crippen molar-refractivity contribution in [1.29, 1.82) is 0 Å². The Balaban J connectivity index is 2.50. The number of oxime groups is 1. The summed E-state index contributed by atoms with van der Waals surface area (Å²) in [5.41, 5.74) is 6.24. The topological polar surface area (TPSA) is 122 Å². The molecule has 20 heavy (non-hydrogen) atoms. The van der Waals surface area contributed by atoms with Crippen molar-refractivity contribution in [2.24, 2.45) is 10.9 Å². The lowest BCUT2D eigenvalue weighted by Gasteiger charge is -2.19. The van der Waals surface area contributed by atoms with Crippen molar-refractivity contribution >= 4 is 38.6 Å². The third-order valence-corrected chi connectivity index (χ3v) is 5.18. The fourth-order valence-electron chi connectivity index (χ4n) is 1.71. The van der Waals surface area contributed by atoms with Crippen LogP contribution in [-0.4, -0.2) is 45.6 Å². The van der Waals surface area contributed by atoms with Crippen LogP contribution >= 0.6 is 11.7 Å². The molecular weight excluding hydrogens is 302 g/mol. The fraction of sp³-hybridized carbons (Fsp3) is 0.300. The molecule has 0 aliphatic rings. The van der Waals surface area contributed by atoms with Gasteiger partial charge in [0.25, 0.3) is 0 Å². The molecule has 0 radical (unpaired) electrons. The van der Waals surface area contributed by atoms with E-state index in [1.54, 1.807) is 19.1 Å². The monoisotopic (exact) mass is 315 g/mol. The number of likely N-dealkylation sites (N-methyl/N-ethyl adjacent to an activating group) is 1. The predicted molar refractivity (Wildman–Crippen MR) is 75.3 cm³/mol. The zero-order valence-corrected chi connectivity index (χ0v) is 12.2. The Bertz CT molecular complexity index is 740. The van der Waals surface area contributed by atoms with Crippen LogP contribution in [0.15, 0.2) is 28.3 Å². The number of fused-ring (bicyclic) bond motifs is 1. The van der Waals surface area contributed by atoms with Crippen molar-refractivity contribution in [1.82, 2.24) is 13.1 Å². The summed E-state index contributed by atoms with van der Waals surface area (Å²) in [6.07, 6.45) is 0. The number of rotatable bonds is 5. The molecule has 1 aromatic heterocycles. The highest BCUT2D eigenvalue weighted by molar-refractivity contribution is 7.89. The molecule has 2 aromatic rings. The average Bonchev–Trinajstić information content (AvgIpc) is 2.92. The van der Waals surface area contributed by atoms with E-state index in [1.165, 1.54) is 6.07 Å². The number of hydrogen-bond donors (Lipinski definition) is 2. The molecule has 0 fully saturated rings. The quantitative estimate of drug-likeness (QED) is 0.357. The largest absolute Gasteiger partial charge is 0.409 e. The second-order valence-electron chi connectivity index (χ2n) is 3.91.